The Morgan fingerprint density at radius 2 is 2.15 bits per heavy atom. The molecule has 0 aliphatic rings. The third kappa shape index (κ3) is 2.16. The molecule has 0 aromatic carbocycles. The Labute approximate surface area is 114 Å². The molecule has 100 valence electrons. The van der Waals surface area contributed by atoms with Crippen molar-refractivity contribution < 1.29 is 0 Å². The molecule has 3 N–H and O–H groups in total. The average Bonchev–Trinajstić information content (AvgIpc) is 2.97. The summed E-state index contributed by atoms with van der Waals surface area (Å²) < 4.78 is 1.54. The van der Waals surface area contributed by atoms with Crippen molar-refractivity contribution in [3.05, 3.63) is 58.9 Å². The van der Waals surface area contributed by atoms with Gasteiger partial charge >= 0.3 is 0 Å². The van der Waals surface area contributed by atoms with Gasteiger partial charge in [0.25, 0.3) is 5.56 Å². The lowest BCUT2D eigenvalue weighted by Gasteiger charge is -2.08. The van der Waals surface area contributed by atoms with Gasteiger partial charge in [0.15, 0.2) is 0 Å². The fourth-order valence-electron chi connectivity index (χ4n) is 1.97. The highest BCUT2D eigenvalue weighted by Crippen LogP contribution is 2.18. The number of hydrogen-bond donors (Lipinski definition) is 2. The normalized spacial score (nSPS) is 10.6. The molecule has 0 aliphatic heterocycles. The molecule has 3 aromatic rings. The summed E-state index contributed by atoms with van der Waals surface area (Å²) in [5.41, 5.74) is 7.82. The Morgan fingerprint density at radius 1 is 1.25 bits per heavy atom. The predicted molar refractivity (Wildman–Crippen MR) is 73.8 cm³/mol. The highest BCUT2D eigenvalue weighted by Gasteiger charge is 2.12. The Bertz CT molecular complexity index is 763. The van der Waals surface area contributed by atoms with Crippen LogP contribution in [0.2, 0.25) is 0 Å². The molecule has 3 heterocycles. The molecule has 3 aromatic heterocycles. The predicted octanol–water partition coefficient (Wildman–Crippen LogP) is 0.659. The molecule has 0 bridgehead atoms. The van der Waals surface area contributed by atoms with Crippen LogP contribution in [-0.4, -0.2) is 25.0 Å². The number of nitrogen functional groups attached to an aromatic ring is 1. The zero-order valence-electron chi connectivity index (χ0n) is 10.5. The van der Waals surface area contributed by atoms with E-state index in [1.54, 1.807) is 36.8 Å². The van der Waals surface area contributed by atoms with E-state index in [0.29, 0.717) is 29.2 Å². The van der Waals surface area contributed by atoms with Crippen molar-refractivity contribution in [1.29, 1.82) is 0 Å². The SMILES string of the molecule is Nc1ccn(Cc2cccnn2)c(=O)c1-c1ccn[nH]1. The Balaban J connectivity index is 2.06. The maximum Gasteiger partial charge on any atom is 0.262 e. The van der Waals surface area contributed by atoms with Crippen LogP contribution in [-0.2, 0) is 6.54 Å². The summed E-state index contributed by atoms with van der Waals surface area (Å²) in [5.74, 6) is 0. The van der Waals surface area contributed by atoms with Crippen LogP contribution >= 0.6 is 0 Å². The average molecular weight is 268 g/mol. The van der Waals surface area contributed by atoms with Gasteiger partial charge < -0.3 is 10.3 Å². The minimum Gasteiger partial charge on any atom is -0.398 e. The molecule has 0 saturated carbocycles. The van der Waals surface area contributed by atoms with Gasteiger partial charge in [-0.2, -0.15) is 15.3 Å². The lowest BCUT2D eigenvalue weighted by Crippen LogP contribution is -2.23. The first-order valence-electron chi connectivity index (χ1n) is 6.01. The van der Waals surface area contributed by atoms with Gasteiger partial charge in [0.2, 0.25) is 0 Å². The van der Waals surface area contributed by atoms with E-state index < -0.39 is 0 Å². The summed E-state index contributed by atoms with van der Waals surface area (Å²) in [6, 6.07) is 6.99. The molecule has 0 amide bonds. The number of nitrogens with one attached hydrogen (secondary N) is 1. The van der Waals surface area contributed by atoms with Crippen LogP contribution in [0.5, 0.6) is 0 Å². The summed E-state index contributed by atoms with van der Waals surface area (Å²) in [5, 5.41) is 14.4. The number of rotatable bonds is 3. The molecular weight excluding hydrogens is 256 g/mol. The summed E-state index contributed by atoms with van der Waals surface area (Å²) in [6.45, 7) is 0.341. The number of pyridine rings is 1. The number of H-pyrrole nitrogens is 1. The molecule has 0 unspecified atom stereocenters. The second kappa shape index (κ2) is 4.96. The zero-order valence-corrected chi connectivity index (χ0v) is 10.5. The second-order valence-corrected chi connectivity index (χ2v) is 4.26. The van der Waals surface area contributed by atoms with Crippen LogP contribution < -0.4 is 11.3 Å². The first-order valence-corrected chi connectivity index (χ1v) is 6.01. The fraction of sp³-hybridized carbons (Fsp3) is 0.0769. The lowest BCUT2D eigenvalue weighted by molar-refractivity contribution is 0.725. The van der Waals surface area contributed by atoms with Gasteiger partial charge in [0.05, 0.1) is 23.5 Å². The van der Waals surface area contributed by atoms with Crippen LogP contribution in [0, 0.1) is 0 Å². The molecular formula is C13H12N6O. The number of hydrogen-bond acceptors (Lipinski definition) is 5. The highest BCUT2D eigenvalue weighted by atomic mass is 16.1. The van der Waals surface area contributed by atoms with Crippen molar-refractivity contribution in [3.8, 4) is 11.3 Å². The molecule has 0 saturated heterocycles. The van der Waals surface area contributed by atoms with Crippen molar-refractivity contribution in [2.24, 2.45) is 0 Å². The second-order valence-electron chi connectivity index (χ2n) is 4.26. The van der Waals surface area contributed by atoms with E-state index in [1.165, 1.54) is 4.57 Å². The van der Waals surface area contributed by atoms with Crippen LogP contribution in [0.15, 0.2) is 47.7 Å². The van der Waals surface area contributed by atoms with E-state index in [1.807, 2.05) is 6.07 Å². The number of aromatic nitrogens is 5. The van der Waals surface area contributed by atoms with Gasteiger partial charge in [0, 0.05) is 24.3 Å². The molecule has 0 fully saturated rings. The Morgan fingerprint density at radius 3 is 2.85 bits per heavy atom. The Kier molecular flexibility index (Phi) is 3.00. The molecule has 20 heavy (non-hydrogen) atoms. The number of anilines is 1. The van der Waals surface area contributed by atoms with E-state index >= 15 is 0 Å². The summed E-state index contributed by atoms with van der Waals surface area (Å²) in [6.07, 6.45) is 4.81. The minimum atomic E-state index is -0.195. The van der Waals surface area contributed by atoms with Gasteiger partial charge in [-0.15, -0.1) is 0 Å². The summed E-state index contributed by atoms with van der Waals surface area (Å²) in [4.78, 5) is 12.5. The van der Waals surface area contributed by atoms with E-state index in [-0.39, 0.29) is 5.56 Å². The van der Waals surface area contributed by atoms with Crippen LogP contribution in [0.3, 0.4) is 0 Å². The van der Waals surface area contributed by atoms with Gasteiger partial charge in [-0.3, -0.25) is 9.89 Å². The van der Waals surface area contributed by atoms with Crippen molar-refractivity contribution in [2.75, 3.05) is 5.73 Å². The third-order valence-corrected chi connectivity index (χ3v) is 2.93. The van der Waals surface area contributed by atoms with Crippen molar-refractivity contribution in [3.63, 3.8) is 0 Å². The molecule has 0 aliphatic carbocycles. The number of nitrogens with zero attached hydrogens (tertiary/aromatic N) is 4. The molecule has 7 heteroatoms. The smallest absolute Gasteiger partial charge is 0.262 e. The van der Waals surface area contributed by atoms with E-state index in [9.17, 15) is 4.79 Å². The van der Waals surface area contributed by atoms with Gasteiger partial charge in [-0.1, -0.05) is 0 Å². The summed E-state index contributed by atoms with van der Waals surface area (Å²) in [7, 11) is 0. The lowest BCUT2D eigenvalue weighted by atomic mass is 10.1. The molecule has 7 nitrogen and oxygen atoms in total. The minimum absolute atomic E-state index is 0.195. The van der Waals surface area contributed by atoms with E-state index in [2.05, 4.69) is 20.4 Å². The van der Waals surface area contributed by atoms with Crippen molar-refractivity contribution in [1.82, 2.24) is 25.0 Å². The molecule has 0 atom stereocenters. The first kappa shape index (κ1) is 12.1. The summed E-state index contributed by atoms with van der Waals surface area (Å²) >= 11 is 0. The van der Waals surface area contributed by atoms with Crippen LogP contribution in [0.4, 0.5) is 5.69 Å². The number of aromatic amines is 1. The quantitative estimate of drug-likeness (QED) is 0.726. The van der Waals surface area contributed by atoms with Crippen molar-refractivity contribution in [2.45, 2.75) is 6.54 Å². The zero-order chi connectivity index (χ0) is 13.9. The van der Waals surface area contributed by atoms with E-state index in [4.69, 9.17) is 5.73 Å². The van der Waals surface area contributed by atoms with Gasteiger partial charge in [-0.05, 0) is 24.3 Å². The van der Waals surface area contributed by atoms with Gasteiger partial charge in [0.1, 0.15) is 0 Å². The van der Waals surface area contributed by atoms with Crippen LogP contribution in [0.1, 0.15) is 5.69 Å². The van der Waals surface area contributed by atoms with Gasteiger partial charge in [-0.25, -0.2) is 0 Å². The molecule has 0 spiro atoms. The molecule has 3 rings (SSSR count). The fourth-order valence-corrected chi connectivity index (χ4v) is 1.97. The van der Waals surface area contributed by atoms with Crippen molar-refractivity contribution >= 4 is 5.69 Å². The first-order chi connectivity index (χ1) is 9.75. The van der Waals surface area contributed by atoms with Crippen LogP contribution in [0.25, 0.3) is 11.3 Å². The maximum absolute atomic E-state index is 12.5. The Hall–Kier alpha value is -2.96. The highest BCUT2D eigenvalue weighted by molar-refractivity contribution is 5.72. The molecule has 0 radical (unpaired) electrons. The largest absolute Gasteiger partial charge is 0.398 e. The number of nitrogens with two attached hydrogens (primary N) is 1. The van der Waals surface area contributed by atoms with E-state index in [0.717, 1.165) is 0 Å². The third-order valence-electron chi connectivity index (χ3n) is 2.93. The maximum atomic E-state index is 12.5. The topological polar surface area (TPSA) is 102 Å². The monoisotopic (exact) mass is 268 g/mol. The standard InChI is InChI=1S/C13H12N6O/c14-10-4-7-19(8-9-2-1-5-15-17-9)13(20)12(10)11-3-6-16-18-11/h1-7H,8,14H2,(H,16,18).